The summed E-state index contributed by atoms with van der Waals surface area (Å²) in [6, 6.07) is 0.538. The monoisotopic (exact) mass is 264 g/mol. The summed E-state index contributed by atoms with van der Waals surface area (Å²) >= 11 is 0. The van der Waals surface area contributed by atoms with Crippen molar-refractivity contribution < 1.29 is 0 Å². The number of aromatic nitrogens is 2. The third kappa shape index (κ3) is 2.88. The van der Waals surface area contributed by atoms with E-state index in [1.165, 1.54) is 25.7 Å². The Hall–Kier alpha value is -1.19. The van der Waals surface area contributed by atoms with Crippen molar-refractivity contribution >= 4 is 11.5 Å². The van der Waals surface area contributed by atoms with Crippen LogP contribution in [0.2, 0.25) is 0 Å². The molecule has 0 spiro atoms. The van der Waals surface area contributed by atoms with Gasteiger partial charge in [0.05, 0.1) is 11.4 Å². The SMILES string of the molecule is CCc1nn(C)c(NC2CCCCC2C(C)C)c1N. The molecule has 1 aromatic rings. The summed E-state index contributed by atoms with van der Waals surface area (Å²) in [5.41, 5.74) is 8.04. The van der Waals surface area contributed by atoms with Crippen molar-refractivity contribution in [2.24, 2.45) is 18.9 Å². The van der Waals surface area contributed by atoms with Gasteiger partial charge in [0.25, 0.3) is 0 Å². The number of nitrogens with one attached hydrogen (secondary N) is 1. The molecule has 0 saturated heterocycles. The van der Waals surface area contributed by atoms with Crippen LogP contribution >= 0.6 is 0 Å². The standard InChI is InChI=1S/C15H28N4/c1-5-12-14(16)15(19(4)18-12)17-13-9-7-6-8-11(13)10(2)3/h10-11,13,17H,5-9,16H2,1-4H3. The van der Waals surface area contributed by atoms with Gasteiger partial charge in [-0.2, -0.15) is 5.10 Å². The van der Waals surface area contributed by atoms with Crippen molar-refractivity contribution in [3.8, 4) is 0 Å². The molecule has 2 rings (SSSR count). The van der Waals surface area contributed by atoms with Gasteiger partial charge in [0.2, 0.25) is 0 Å². The zero-order valence-corrected chi connectivity index (χ0v) is 12.7. The van der Waals surface area contributed by atoms with E-state index in [1.807, 2.05) is 11.7 Å². The van der Waals surface area contributed by atoms with Crippen LogP contribution in [0.4, 0.5) is 11.5 Å². The van der Waals surface area contributed by atoms with E-state index in [1.54, 1.807) is 0 Å². The zero-order valence-electron chi connectivity index (χ0n) is 12.7. The molecule has 2 atom stereocenters. The largest absolute Gasteiger partial charge is 0.394 e. The van der Waals surface area contributed by atoms with Gasteiger partial charge in [-0.15, -0.1) is 0 Å². The second-order valence-electron chi connectivity index (χ2n) is 6.13. The molecular weight excluding hydrogens is 236 g/mol. The van der Waals surface area contributed by atoms with E-state index in [0.29, 0.717) is 6.04 Å². The molecule has 1 aromatic heterocycles. The fraction of sp³-hybridized carbons (Fsp3) is 0.800. The molecule has 0 radical (unpaired) electrons. The lowest BCUT2D eigenvalue weighted by atomic mass is 9.78. The minimum Gasteiger partial charge on any atom is -0.394 e. The number of hydrogen-bond donors (Lipinski definition) is 2. The molecule has 1 aliphatic carbocycles. The summed E-state index contributed by atoms with van der Waals surface area (Å²) in [7, 11) is 1.98. The number of rotatable bonds is 4. The van der Waals surface area contributed by atoms with Crippen LogP contribution in [0.5, 0.6) is 0 Å². The molecule has 2 unspecified atom stereocenters. The Labute approximate surface area is 116 Å². The van der Waals surface area contributed by atoms with Crippen molar-refractivity contribution in [2.75, 3.05) is 11.1 Å². The van der Waals surface area contributed by atoms with Gasteiger partial charge in [-0.3, -0.25) is 4.68 Å². The number of nitrogens with two attached hydrogens (primary N) is 1. The molecule has 0 bridgehead atoms. The minimum absolute atomic E-state index is 0.538. The Morgan fingerprint density at radius 1 is 1.37 bits per heavy atom. The minimum atomic E-state index is 0.538. The highest BCUT2D eigenvalue weighted by molar-refractivity contribution is 5.65. The molecule has 1 heterocycles. The van der Waals surface area contributed by atoms with Crippen LogP contribution in [0.1, 0.15) is 52.1 Å². The van der Waals surface area contributed by atoms with E-state index < -0.39 is 0 Å². The maximum Gasteiger partial charge on any atom is 0.148 e. The molecule has 0 aromatic carbocycles. The van der Waals surface area contributed by atoms with Gasteiger partial charge in [0.15, 0.2) is 0 Å². The molecule has 1 saturated carbocycles. The average Bonchev–Trinajstić information content (AvgIpc) is 2.66. The number of aryl methyl sites for hydroxylation is 2. The molecule has 19 heavy (non-hydrogen) atoms. The third-order valence-corrected chi connectivity index (χ3v) is 4.49. The number of nitrogens with zero attached hydrogens (tertiary/aromatic N) is 2. The normalized spacial score (nSPS) is 23.8. The molecular formula is C15H28N4. The van der Waals surface area contributed by atoms with Gasteiger partial charge in [-0.25, -0.2) is 0 Å². The maximum atomic E-state index is 6.21. The van der Waals surface area contributed by atoms with E-state index >= 15 is 0 Å². The Balaban J connectivity index is 2.17. The summed E-state index contributed by atoms with van der Waals surface area (Å²) in [5.74, 6) is 2.47. The highest BCUT2D eigenvalue weighted by atomic mass is 15.3. The molecule has 1 fully saturated rings. The van der Waals surface area contributed by atoms with Crippen molar-refractivity contribution in [2.45, 2.75) is 58.9 Å². The van der Waals surface area contributed by atoms with E-state index in [0.717, 1.165) is 35.5 Å². The predicted molar refractivity (Wildman–Crippen MR) is 81.2 cm³/mol. The lowest BCUT2D eigenvalue weighted by Gasteiger charge is -2.35. The van der Waals surface area contributed by atoms with Crippen LogP contribution in [-0.4, -0.2) is 15.8 Å². The summed E-state index contributed by atoms with van der Waals surface area (Å²) < 4.78 is 1.90. The molecule has 3 N–H and O–H groups in total. The summed E-state index contributed by atoms with van der Waals surface area (Å²) in [6.07, 6.45) is 6.14. The van der Waals surface area contributed by atoms with Gasteiger partial charge < -0.3 is 11.1 Å². The molecule has 108 valence electrons. The number of nitrogen functional groups attached to an aromatic ring is 1. The van der Waals surface area contributed by atoms with Crippen molar-refractivity contribution in [3.63, 3.8) is 0 Å². The summed E-state index contributed by atoms with van der Waals surface area (Å²) in [4.78, 5) is 0. The quantitative estimate of drug-likeness (QED) is 0.878. The predicted octanol–water partition coefficient (Wildman–Crippen LogP) is 3.19. The Morgan fingerprint density at radius 2 is 2.05 bits per heavy atom. The highest BCUT2D eigenvalue weighted by Gasteiger charge is 2.28. The Bertz CT molecular complexity index is 422. The van der Waals surface area contributed by atoms with Crippen molar-refractivity contribution in [1.82, 2.24) is 9.78 Å². The lowest BCUT2D eigenvalue weighted by molar-refractivity contribution is 0.253. The van der Waals surface area contributed by atoms with Crippen LogP contribution in [0.3, 0.4) is 0 Å². The average molecular weight is 264 g/mol. The topological polar surface area (TPSA) is 55.9 Å². The summed E-state index contributed by atoms with van der Waals surface area (Å²) in [6.45, 7) is 6.75. The van der Waals surface area contributed by atoms with E-state index in [9.17, 15) is 0 Å². The fourth-order valence-corrected chi connectivity index (χ4v) is 3.34. The van der Waals surface area contributed by atoms with Crippen LogP contribution in [0.25, 0.3) is 0 Å². The van der Waals surface area contributed by atoms with E-state index in [4.69, 9.17) is 5.73 Å². The highest BCUT2D eigenvalue weighted by Crippen LogP contribution is 2.34. The smallest absolute Gasteiger partial charge is 0.148 e. The second kappa shape index (κ2) is 5.85. The van der Waals surface area contributed by atoms with Crippen LogP contribution < -0.4 is 11.1 Å². The first-order chi connectivity index (χ1) is 9.04. The van der Waals surface area contributed by atoms with Crippen molar-refractivity contribution in [3.05, 3.63) is 5.69 Å². The third-order valence-electron chi connectivity index (χ3n) is 4.49. The molecule has 4 heteroatoms. The molecule has 0 aliphatic heterocycles. The summed E-state index contributed by atoms with van der Waals surface area (Å²) in [5, 5.41) is 8.17. The van der Waals surface area contributed by atoms with Crippen LogP contribution in [0, 0.1) is 11.8 Å². The molecule has 4 nitrogen and oxygen atoms in total. The second-order valence-corrected chi connectivity index (χ2v) is 6.13. The van der Waals surface area contributed by atoms with Gasteiger partial charge in [0, 0.05) is 13.1 Å². The van der Waals surface area contributed by atoms with Crippen LogP contribution in [0.15, 0.2) is 0 Å². The molecule has 1 aliphatic rings. The van der Waals surface area contributed by atoms with Gasteiger partial charge in [0.1, 0.15) is 5.82 Å². The maximum absolute atomic E-state index is 6.21. The van der Waals surface area contributed by atoms with Crippen LogP contribution in [-0.2, 0) is 13.5 Å². The van der Waals surface area contributed by atoms with Crippen molar-refractivity contribution in [1.29, 1.82) is 0 Å². The zero-order chi connectivity index (χ0) is 14.0. The van der Waals surface area contributed by atoms with E-state index in [2.05, 4.69) is 31.2 Å². The fourth-order valence-electron chi connectivity index (χ4n) is 3.34. The first-order valence-corrected chi connectivity index (χ1v) is 7.62. The number of hydrogen-bond acceptors (Lipinski definition) is 3. The van der Waals surface area contributed by atoms with Gasteiger partial charge >= 0.3 is 0 Å². The molecule has 0 amide bonds. The Morgan fingerprint density at radius 3 is 2.63 bits per heavy atom. The van der Waals surface area contributed by atoms with E-state index in [-0.39, 0.29) is 0 Å². The number of anilines is 2. The first kappa shape index (κ1) is 14.2. The van der Waals surface area contributed by atoms with Gasteiger partial charge in [-0.1, -0.05) is 33.6 Å². The first-order valence-electron chi connectivity index (χ1n) is 7.62. The van der Waals surface area contributed by atoms with Gasteiger partial charge in [-0.05, 0) is 31.1 Å². The lowest BCUT2D eigenvalue weighted by Crippen LogP contribution is -2.36. The Kier molecular flexibility index (Phi) is 4.38.